The molecule has 1 amide bonds. The first-order valence-corrected chi connectivity index (χ1v) is 8.94. The maximum absolute atomic E-state index is 12.7. The average molecular weight is 393 g/mol. The van der Waals surface area contributed by atoms with Crippen LogP contribution in [0.25, 0.3) is 10.9 Å². The maximum Gasteiger partial charge on any atom is 0.416 e. The molecule has 0 unspecified atom stereocenters. The van der Waals surface area contributed by atoms with Crippen molar-refractivity contribution in [2.24, 2.45) is 0 Å². The van der Waals surface area contributed by atoms with Crippen LogP contribution in [0.3, 0.4) is 0 Å². The van der Waals surface area contributed by atoms with Crippen molar-refractivity contribution in [3.8, 4) is 0 Å². The highest BCUT2D eigenvalue weighted by atomic mass is 35.5. The Morgan fingerprint density at radius 3 is 2.48 bits per heavy atom. The van der Waals surface area contributed by atoms with Crippen molar-refractivity contribution in [2.75, 3.05) is 0 Å². The normalized spacial score (nSPS) is 14.5. The number of hydrogen-bond acceptors (Lipinski definition) is 1. The number of rotatable bonds is 4. The lowest BCUT2D eigenvalue weighted by Crippen LogP contribution is -2.26. The van der Waals surface area contributed by atoms with E-state index in [1.54, 1.807) is 12.1 Å². The Labute approximate surface area is 158 Å². The lowest BCUT2D eigenvalue weighted by molar-refractivity contribution is -0.137. The maximum atomic E-state index is 12.7. The third-order valence-electron chi connectivity index (χ3n) is 4.62. The zero-order valence-electron chi connectivity index (χ0n) is 14.2. The summed E-state index contributed by atoms with van der Waals surface area (Å²) in [5, 5.41) is 4.24. The largest absolute Gasteiger partial charge is 0.416 e. The fourth-order valence-electron chi connectivity index (χ4n) is 3.10. The molecule has 0 saturated heterocycles. The summed E-state index contributed by atoms with van der Waals surface area (Å²) < 4.78 is 40.1. The lowest BCUT2D eigenvalue weighted by Gasteiger charge is -2.12. The molecule has 0 radical (unpaired) electrons. The molecule has 1 aliphatic rings. The third-order valence-corrected chi connectivity index (χ3v) is 4.84. The van der Waals surface area contributed by atoms with E-state index in [0.717, 1.165) is 35.9 Å². The van der Waals surface area contributed by atoms with E-state index < -0.39 is 11.7 Å². The van der Waals surface area contributed by atoms with E-state index in [2.05, 4.69) is 5.32 Å². The quantitative estimate of drug-likeness (QED) is 0.646. The van der Waals surface area contributed by atoms with Crippen LogP contribution in [0.1, 0.15) is 34.3 Å². The average Bonchev–Trinajstić information content (AvgIpc) is 3.33. The second-order valence-corrected chi connectivity index (χ2v) is 7.21. The van der Waals surface area contributed by atoms with Gasteiger partial charge in [0, 0.05) is 29.2 Å². The van der Waals surface area contributed by atoms with Crippen LogP contribution < -0.4 is 5.32 Å². The fourth-order valence-corrected chi connectivity index (χ4v) is 3.33. The lowest BCUT2D eigenvalue weighted by atomic mass is 10.1. The molecule has 1 heterocycles. The van der Waals surface area contributed by atoms with Crippen LogP contribution in [-0.2, 0) is 12.7 Å². The summed E-state index contributed by atoms with van der Waals surface area (Å²) in [7, 11) is 0. The number of halogens is 4. The zero-order chi connectivity index (χ0) is 19.2. The van der Waals surface area contributed by atoms with Crippen molar-refractivity contribution in [2.45, 2.75) is 31.6 Å². The standard InChI is InChI=1S/C20H16ClF3N2O/c21-15-9-13-7-8-26(11-12-1-3-14(4-2-12)20(22,23)24)18(13)17(10-15)19(27)25-16-5-6-16/h1-4,7-10,16H,5-6,11H2,(H,25,27). The topological polar surface area (TPSA) is 34.0 Å². The third kappa shape index (κ3) is 3.81. The number of amides is 1. The first kappa shape index (κ1) is 17.9. The summed E-state index contributed by atoms with van der Waals surface area (Å²) in [6, 6.07) is 10.5. The summed E-state index contributed by atoms with van der Waals surface area (Å²) in [6.45, 7) is 0.354. The van der Waals surface area contributed by atoms with Gasteiger partial charge in [-0.3, -0.25) is 4.79 Å². The van der Waals surface area contributed by atoms with Gasteiger partial charge in [0.05, 0.1) is 16.6 Å². The van der Waals surface area contributed by atoms with Crippen LogP contribution in [0.4, 0.5) is 13.2 Å². The van der Waals surface area contributed by atoms with Crippen LogP contribution >= 0.6 is 11.6 Å². The van der Waals surface area contributed by atoms with Gasteiger partial charge in [-0.1, -0.05) is 23.7 Å². The van der Waals surface area contributed by atoms with Crippen LogP contribution in [-0.4, -0.2) is 16.5 Å². The minimum Gasteiger partial charge on any atom is -0.349 e. The molecule has 0 spiro atoms. The number of nitrogens with one attached hydrogen (secondary N) is 1. The molecular weight excluding hydrogens is 377 g/mol. The van der Waals surface area contributed by atoms with Crippen LogP contribution in [0, 0.1) is 0 Å². The number of benzene rings is 2. The summed E-state index contributed by atoms with van der Waals surface area (Å²) in [4.78, 5) is 12.6. The Kier molecular flexibility index (Phi) is 4.38. The molecule has 0 atom stereocenters. The molecule has 1 saturated carbocycles. The van der Waals surface area contributed by atoms with Crippen molar-refractivity contribution in [3.63, 3.8) is 0 Å². The Bertz CT molecular complexity index is 1000. The number of fused-ring (bicyclic) bond motifs is 1. The van der Waals surface area contributed by atoms with Gasteiger partial charge in [-0.15, -0.1) is 0 Å². The number of nitrogens with zero attached hydrogens (tertiary/aromatic N) is 1. The van der Waals surface area contributed by atoms with Gasteiger partial charge in [-0.25, -0.2) is 0 Å². The summed E-state index contributed by atoms with van der Waals surface area (Å²) >= 11 is 6.15. The summed E-state index contributed by atoms with van der Waals surface area (Å²) in [5.41, 5.74) is 1.22. The minimum atomic E-state index is -4.36. The molecule has 1 aromatic heterocycles. The number of carbonyl (C=O) groups is 1. The van der Waals surface area contributed by atoms with Gasteiger partial charge in [-0.2, -0.15) is 13.2 Å². The van der Waals surface area contributed by atoms with Gasteiger partial charge < -0.3 is 9.88 Å². The van der Waals surface area contributed by atoms with E-state index in [9.17, 15) is 18.0 Å². The summed E-state index contributed by atoms with van der Waals surface area (Å²) in [5.74, 6) is -0.183. The molecule has 7 heteroatoms. The van der Waals surface area contributed by atoms with Crippen molar-refractivity contribution in [3.05, 3.63) is 70.4 Å². The van der Waals surface area contributed by atoms with Crippen molar-refractivity contribution in [1.29, 1.82) is 0 Å². The van der Waals surface area contributed by atoms with E-state index >= 15 is 0 Å². The molecular formula is C20H16ClF3N2O. The number of carbonyl (C=O) groups excluding carboxylic acids is 1. The van der Waals surface area contributed by atoms with E-state index in [0.29, 0.717) is 22.7 Å². The Morgan fingerprint density at radius 1 is 1.15 bits per heavy atom. The first-order valence-electron chi connectivity index (χ1n) is 8.56. The molecule has 0 bridgehead atoms. The highest BCUT2D eigenvalue weighted by Crippen LogP contribution is 2.30. The molecule has 27 heavy (non-hydrogen) atoms. The van der Waals surface area contributed by atoms with Gasteiger partial charge in [0.15, 0.2) is 0 Å². The number of hydrogen-bond donors (Lipinski definition) is 1. The van der Waals surface area contributed by atoms with Gasteiger partial charge in [0.2, 0.25) is 0 Å². The van der Waals surface area contributed by atoms with Gasteiger partial charge in [0.25, 0.3) is 5.91 Å². The molecule has 2 aromatic carbocycles. The number of alkyl halides is 3. The molecule has 3 nitrogen and oxygen atoms in total. The van der Waals surface area contributed by atoms with Crippen LogP contribution in [0.5, 0.6) is 0 Å². The predicted octanol–water partition coefficient (Wildman–Crippen LogP) is 5.25. The Hall–Kier alpha value is -2.47. The SMILES string of the molecule is O=C(NC1CC1)c1cc(Cl)cc2ccn(Cc3ccc(C(F)(F)F)cc3)c12. The monoisotopic (exact) mass is 392 g/mol. The smallest absolute Gasteiger partial charge is 0.349 e. The summed E-state index contributed by atoms with van der Waals surface area (Å²) in [6.07, 6.45) is -0.597. The molecule has 0 aliphatic heterocycles. The van der Waals surface area contributed by atoms with Crippen molar-refractivity contribution in [1.82, 2.24) is 9.88 Å². The second-order valence-electron chi connectivity index (χ2n) is 6.78. The number of aromatic nitrogens is 1. The van der Waals surface area contributed by atoms with Gasteiger partial charge in [0.1, 0.15) is 0 Å². The van der Waals surface area contributed by atoms with Crippen LogP contribution in [0.15, 0.2) is 48.7 Å². The Morgan fingerprint density at radius 2 is 1.85 bits per heavy atom. The highest BCUT2D eigenvalue weighted by Gasteiger charge is 2.30. The molecule has 3 aromatic rings. The molecule has 1 N–H and O–H groups in total. The fraction of sp³-hybridized carbons (Fsp3) is 0.250. The molecule has 1 aliphatic carbocycles. The van der Waals surface area contributed by atoms with E-state index in [1.165, 1.54) is 12.1 Å². The van der Waals surface area contributed by atoms with Gasteiger partial charge in [-0.05, 0) is 48.7 Å². The van der Waals surface area contributed by atoms with E-state index in [4.69, 9.17) is 11.6 Å². The van der Waals surface area contributed by atoms with Gasteiger partial charge >= 0.3 is 6.18 Å². The molecule has 140 valence electrons. The predicted molar refractivity (Wildman–Crippen MR) is 98.0 cm³/mol. The highest BCUT2D eigenvalue weighted by molar-refractivity contribution is 6.32. The zero-order valence-corrected chi connectivity index (χ0v) is 14.9. The van der Waals surface area contributed by atoms with Crippen LogP contribution in [0.2, 0.25) is 5.02 Å². The molecule has 4 rings (SSSR count). The Balaban J connectivity index is 1.68. The van der Waals surface area contributed by atoms with E-state index in [1.807, 2.05) is 16.8 Å². The molecule has 1 fully saturated rings. The van der Waals surface area contributed by atoms with E-state index in [-0.39, 0.29) is 11.9 Å². The van der Waals surface area contributed by atoms with Crippen molar-refractivity contribution >= 4 is 28.4 Å². The minimum absolute atomic E-state index is 0.183. The van der Waals surface area contributed by atoms with Crippen molar-refractivity contribution < 1.29 is 18.0 Å². The second kappa shape index (κ2) is 6.60. The first-order chi connectivity index (χ1) is 12.8.